The van der Waals surface area contributed by atoms with Crippen LogP contribution in [0.5, 0.6) is 0 Å². The Hall–Kier alpha value is -1.54. The first kappa shape index (κ1) is 21.8. The molecule has 0 unspecified atom stereocenters. The minimum absolute atomic E-state index is 0.00731. The summed E-state index contributed by atoms with van der Waals surface area (Å²) in [6, 6.07) is -1.02. The molecule has 2 heterocycles. The maximum Gasteiger partial charge on any atom is 0.321 e. The van der Waals surface area contributed by atoms with Gasteiger partial charge < -0.3 is 10.2 Å². The molecule has 1 aromatic rings. The highest BCUT2D eigenvalue weighted by Gasteiger charge is 2.44. The lowest BCUT2D eigenvalue weighted by molar-refractivity contribution is -0.151. The molecule has 27 heavy (non-hydrogen) atoms. The number of carboxylic acids is 2. The molecule has 0 bridgehead atoms. The summed E-state index contributed by atoms with van der Waals surface area (Å²) in [6.45, 7) is 3.20. The monoisotopic (exact) mass is 440 g/mol. The van der Waals surface area contributed by atoms with Crippen molar-refractivity contribution in [3.63, 3.8) is 0 Å². The van der Waals surface area contributed by atoms with E-state index in [4.69, 9.17) is 10.2 Å². The predicted molar refractivity (Wildman–Crippen MR) is 95.8 cm³/mol. The molecule has 4 N–H and O–H groups in total. The molecule has 0 amide bonds. The van der Waals surface area contributed by atoms with Gasteiger partial charge in [0.15, 0.2) is 9.84 Å². The fourth-order valence-corrected chi connectivity index (χ4v) is 7.59. The lowest BCUT2D eigenvalue weighted by Crippen LogP contribution is -2.47. The van der Waals surface area contributed by atoms with Gasteiger partial charge in [0.05, 0.1) is 11.7 Å². The number of rotatable bonds is 7. The number of carboxylic acid groups (broad SMARTS) is 2. The Morgan fingerprint density at radius 2 is 2.00 bits per heavy atom. The molecule has 0 radical (unpaired) electrons. The van der Waals surface area contributed by atoms with Crippen LogP contribution in [-0.4, -0.2) is 61.7 Å². The SMILES string of the molecule is CCN([C@@H]1C[C@H](C)S(=O)(=O)c2sc(S(N)(=O)=O)cc21)[C@@H](CC(=O)O)C(=O)O. The normalized spacial score (nSPS) is 23.0. The zero-order valence-electron chi connectivity index (χ0n) is 14.5. The molecule has 2 rings (SSSR count). The van der Waals surface area contributed by atoms with Gasteiger partial charge in [0, 0.05) is 11.6 Å². The Kier molecular flexibility index (Phi) is 6.02. The summed E-state index contributed by atoms with van der Waals surface area (Å²) in [4.78, 5) is 24.1. The molecule has 0 saturated heterocycles. The van der Waals surface area contributed by atoms with Gasteiger partial charge in [-0.3, -0.25) is 14.5 Å². The number of hydrogen-bond donors (Lipinski definition) is 3. The number of likely N-dealkylation sites (N-methyl/N-ethyl adjacent to an activating group) is 1. The fourth-order valence-electron chi connectivity index (χ4n) is 3.20. The van der Waals surface area contributed by atoms with Crippen molar-refractivity contribution in [2.75, 3.05) is 6.54 Å². The highest BCUT2D eigenvalue weighted by molar-refractivity contribution is 7.95. The number of nitrogens with two attached hydrogens (primary N) is 1. The van der Waals surface area contributed by atoms with Crippen molar-refractivity contribution in [3.8, 4) is 0 Å². The van der Waals surface area contributed by atoms with Gasteiger partial charge in [-0.1, -0.05) is 6.92 Å². The second-order valence-electron chi connectivity index (χ2n) is 6.24. The highest BCUT2D eigenvalue weighted by Crippen LogP contribution is 2.45. The van der Waals surface area contributed by atoms with Crippen LogP contribution in [0.3, 0.4) is 0 Å². The molecule has 0 spiro atoms. The Morgan fingerprint density at radius 3 is 2.44 bits per heavy atom. The van der Waals surface area contributed by atoms with Gasteiger partial charge in [-0.05, 0) is 26.0 Å². The molecule has 0 saturated carbocycles. The van der Waals surface area contributed by atoms with Crippen LogP contribution in [0.15, 0.2) is 14.5 Å². The minimum atomic E-state index is -4.15. The minimum Gasteiger partial charge on any atom is -0.481 e. The largest absolute Gasteiger partial charge is 0.481 e. The van der Waals surface area contributed by atoms with Crippen molar-refractivity contribution >= 4 is 43.1 Å². The summed E-state index contributed by atoms with van der Waals surface area (Å²) >= 11 is 0.527. The van der Waals surface area contributed by atoms with Crippen LogP contribution in [0.25, 0.3) is 0 Å². The van der Waals surface area contributed by atoms with E-state index in [0.717, 1.165) is 6.07 Å². The van der Waals surface area contributed by atoms with Crippen LogP contribution in [0.1, 0.15) is 38.3 Å². The number of nitrogens with zero attached hydrogens (tertiary/aromatic N) is 1. The number of primary sulfonamides is 1. The van der Waals surface area contributed by atoms with Crippen molar-refractivity contribution < 1.29 is 36.6 Å². The molecule has 3 atom stereocenters. The molecule has 1 aliphatic rings. The van der Waals surface area contributed by atoms with E-state index < -0.39 is 55.6 Å². The maximum atomic E-state index is 12.6. The molecule has 13 heteroatoms. The van der Waals surface area contributed by atoms with E-state index in [0.29, 0.717) is 11.3 Å². The molecule has 0 aromatic carbocycles. The first-order valence-electron chi connectivity index (χ1n) is 7.91. The van der Waals surface area contributed by atoms with Gasteiger partial charge in [0.1, 0.15) is 14.5 Å². The van der Waals surface area contributed by atoms with Crippen LogP contribution >= 0.6 is 11.3 Å². The van der Waals surface area contributed by atoms with E-state index in [1.165, 1.54) is 11.8 Å². The third-order valence-corrected chi connectivity index (χ3v) is 9.82. The number of sulfone groups is 1. The average Bonchev–Trinajstić information content (AvgIpc) is 2.98. The molecule has 152 valence electrons. The zero-order chi connectivity index (χ0) is 20.7. The number of thiophene rings is 1. The lowest BCUT2D eigenvalue weighted by Gasteiger charge is -2.38. The Morgan fingerprint density at radius 1 is 1.41 bits per heavy atom. The van der Waals surface area contributed by atoms with E-state index >= 15 is 0 Å². The molecule has 10 nitrogen and oxygen atoms in total. The van der Waals surface area contributed by atoms with Crippen LogP contribution in [0.4, 0.5) is 0 Å². The summed E-state index contributed by atoms with van der Waals surface area (Å²) in [6.07, 6.45) is -0.671. The van der Waals surface area contributed by atoms with Gasteiger partial charge in [-0.25, -0.2) is 22.0 Å². The van der Waals surface area contributed by atoms with Crippen molar-refractivity contribution in [3.05, 3.63) is 11.6 Å². The average molecular weight is 441 g/mol. The topological polar surface area (TPSA) is 172 Å². The summed E-state index contributed by atoms with van der Waals surface area (Å²) in [5.41, 5.74) is 0.139. The van der Waals surface area contributed by atoms with Crippen molar-refractivity contribution in [1.82, 2.24) is 4.90 Å². The molecular formula is C14H20N2O8S3. The summed E-state index contributed by atoms with van der Waals surface area (Å²) in [5, 5.41) is 22.7. The van der Waals surface area contributed by atoms with Crippen molar-refractivity contribution in [2.45, 2.75) is 52.4 Å². The smallest absolute Gasteiger partial charge is 0.321 e. The van der Waals surface area contributed by atoms with E-state index in [1.54, 1.807) is 6.92 Å². The summed E-state index contributed by atoms with van der Waals surface area (Å²) in [7, 11) is -7.95. The zero-order valence-corrected chi connectivity index (χ0v) is 17.0. The van der Waals surface area contributed by atoms with Gasteiger partial charge >= 0.3 is 11.9 Å². The first-order valence-corrected chi connectivity index (χ1v) is 11.8. The van der Waals surface area contributed by atoms with E-state index in [9.17, 15) is 31.5 Å². The Balaban J connectivity index is 2.65. The third kappa shape index (κ3) is 4.16. The predicted octanol–water partition coefficient (Wildman–Crippen LogP) is 0.252. The van der Waals surface area contributed by atoms with Crippen LogP contribution in [0.2, 0.25) is 0 Å². The van der Waals surface area contributed by atoms with Crippen molar-refractivity contribution in [2.24, 2.45) is 5.14 Å². The quantitative estimate of drug-likeness (QED) is 0.537. The molecular weight excluding hydrogens is 420 g/mol. The summed E-state index contributed by atoms with van der Waals surface area (Å²) in [5.74, 6) is -2.67. The van der Waals surface area contributed by atoms with Gasteiger partial charge in [0.25, 0.3) is 0 Å². The van der Waals surface area contributed by atoms with Crippen molar-refractivity contribution in [1.29, 1.82) is 0 Å². The fraction of sp³-hybridized carbons (Fsp3) is 0.571. The first-order chi connectivity index (χ1) is 12.3. The molecule has 1 aromatic heterocycles. The molecule has 0 fully saturated rings. The van der Waals surface area contributed by atoms with Gasteiger partial charge in [-0.2, -0.15) is 0 Å². The second-order valence-corrected chi connectivity index (χ2v) is 11.6. The number of aliphatic carboxylic acids is 2. The standard InChI is InChI=1S/C14H20N2O8S3/c1-3-16(10(13(19)20)6-11(17)18)9-4-7(2)26(21,22)14-8(9)5-12(25-14)27(15,23)24/h5,7,9-10H,3-4,6H2,1-2H3,(H,17,18)(H,19,20)(H2,15,23,24)/t7-,9+,10-/m0/s1. The number of sulfonamides is 1. The maximum absolute atomic E-state index is 12.6. The van der Waals surface area contributed by atoms with E-state index in [2.05, 4.69) is 0 Å². The molecule has 0 aliphatic carbocycles. The summed E-state index contributed by atoms with van der Waals surface area (Å²) < 4.78 is 48.1. The van der Waals surface area contributed by atoms with E-state index in [-0.39, 0.29) is 26.9 Å². The number of fused-ring (bicyclic) bond motifs is 1. The number of hydrogen-bond acceptors (Lipinski definition) is 8. The number of carbonyl (C=O) groups is 2. The van der Waals surface area contributed by atoms with E-state index in [1.807, 2.05) is 0 Å². The van der Waals surface area contributed by atoms with Crippen LogP contribution < -0.4 is 5.14 Å². The molecule has 1 aliphatic heterocycles. The van der Waals surface area contributed by atoms with Crippen LogP contribution in [-0.2, 0) is 29.4 Å². The van der Waals surface area contributed by atoms with Crippen LogP contribution in [0, 0.1) is 0 Å². The Labute approximate surface area is 160 Å². The van der Waals surface area contributed by atoms with Gasteiger partial charge in [0.2, 0.25) is 10.0 Å². The highest BCUT2D eigenvalue weighted by atomic mass is 32.3. The Bertz CT molecular complexity index is 966. The van der Waals surface area contributed by atoms with Gasteiger partial charge in [-0.15, -0.1) is 11.3 Å². The second kappa shape index (κ2) is 7.47. The third-order valence-electron chi connectivity index (χ3n) is 4.50. The lowest BCUT2D eigenvalue weighted by atomic mass is 9.99.